The van der Waals surface area contributed by atoms with Crippen LogP contribution in [0.1, 0.15) is 12.8 Å². The molecule has 3 nitrogen and oxygen atoms in total. The molecule has 0 bridgehead atoms. The molecule has 0 aromatic rings. The second-order valence-electron chi connectivity index (χ2n) is 3.63. The van der Waals surface area contributed by atoms with Crippen LogP contribution in [0.4, 0.5) is 0 Å². The maximum atomic E-state index is 5.54. The summed E-state index contributed by atoms with van der Waals surface area (Å²) in [6, 6.07) is 0. The van der Waals surface area contributed by atoms with Crippen LogP contribution >= 0.6 is 12.2 Å². The predicted octanol–water partition coefficient (Wildman–Crippen LogP) is 0.245. The first kappa shape index (κ1) is 8.41. The highest BCUT2D eigenvalue weighted by atomic mass is 32.1. The van der Waals surface area contributed by atoms with E-state index in [9.17, 15) is 0 Å². The van der Waals surface area contributed by atoms with Gasteiger partial charge in [0.1, 0.15) is 0 Å². The molecule has 2 fully saturated rings. The van der Waals surface area contributed by atoms with Crippen LogP contribution in [0.3, 0.4) is 0 Å². The molecule has 2 aliphatic rings. The quantitative estimate of drug-likeness (QED) is 0.620. The van der Waals surface area contributed by atoms with Crippen LogP contribution in [-0.2, 0) is 4.74 Å². The number of thiocarbonyl (C=S) groups is 1. The van der Waals surface area contributed by atoms with Crippen LogP contribution in [-0.4, -0.2) is 24.4 Å². The van der Waals surface area contributed by atoms with Crippen molar-refractivity contribution in [2.45, 2.75) is 18.9 Å². The fourth-order valence-corrected chi connectivity index (χ4v) is 2.09. The second kappa shape index (κ2) is 3.28. The highest BCUT2D eigenvalue weighted by molar-refractivity contribution is 7.80. The Morgan fingerprint density at radius 3 is 3.00 bits per heavy atom. The van der Waals surface area contributed by atoms with Gasteiger partial charge in [0.25, 0.3) is 0 Å². The number of nitrogens with one attached hydrogen (secondary N) is 1. The Morgan fingerprint density at radius 2 is 2.50 bits per heavy atom. The Kier molecular flexibility index (Phi) is 2.30. The minimum Gasteiger partial charge on any atom is -0.393 e. The number of rotatable bonds is 3. The number of ether oxygens (including phenoxy) is 1. The lowest BCUT2D eigenvalue weighted by molar-refractivity contribution is 0.102. The first-order valence-corrected chi connectivity index (χ1v) is 4.80. The molecule has 1 heterocycles. The van der Waals surface area contributed by atoms with Gasteiger partial charge in [0, 0.05) is 12.5 Å². The maximum Gasteiger partial charge on any atom is 0.0970 e. The van der Waals surface area contributed by atoms with E-state index >= 15 is 0 Å². The van der Waals surface area contributed by atoms with E-state index in [1.54, 1.807) is 0 Å². The van der Waals surface area contributed by atoms with E-state index in [1.807, 2.05) is 0 Å². The van der Waals surface area contributed by atoms with E-state index in [0.717, 1.165) is 13.0 Å². The molecule has 4 heteroatoms. The second-order valence-corrected chi connectivity index (χ2v) is 4.10. The molecule has 1 aliphatic carbocycles. The zero-order valence-corrected chi connectivity index (χ0v) is 7.77. The van der Waals surface area contributed by atoms with Gasteiger partial charge in [-0.1, -0.05) is 12.2 Å². The van der Waals surface area contributed by atoms with Gasteiger partial charge in [-0.25, -0.2) is 0 Å². The topological polar surface area (TPSA) is 47.3 Å². The highest BCUT2D eigenvalue weighted by Crippen LogP contribution is 2.42. The molecular formula is C8H14N2OS. The van der Waals surface area contributed by atoms with Gasteiger partial charge >= 0.3 is 0 Å². The minimum atomic E-state index is 0.398. The average Bonchev–Trinajstić information content (AvgIpc) is 2.57. The first-order valence-electron chi connectivity index (χ1n) is 4.39. The molecule has 0 aromatic carbocycles. The third-order valence-electron chi connectivity index (χ3n) is 2.65. The van der Waals surface area contributed by atoms with E-state index < -0.39 is 0 Å². The molecule has 68 valence electrons. The van der Waals surface area contributed by atoms with Gasteiger partial charge in [-0.05, 0) is 18.8 Å². The summed E-state index contributed by atoms with van der Waals surface area (Å²) in [5.41, 5.74) is 5.54. The molecular weight excluding hydrogens is 172 g/mol. The van der Waals surface area contributed by atoms with Crippen molar-refractivity contribution in [3.63, 3.8) is 0 Å². The van der Waals surface area contributed by atoms with Gasteiger partial charge in [0.05, 0.1) is 17.8 Å². The Hall–Kier alpha value is -0.190. The third kappa shape index (κ3) is 1.76. The number of hydrogen-bond acceptors (Lipinski definition) is 3. The molecule has 0 radical (unpaired) electrons. The molecule has 2 rings (SSSR count). The zero-order chi connectivity index (χ0) is 8.55. The van der Waals surface area contributed by atoms with Gasteiger partial charge in [-0.3, -0.25) is 5.32 Å². The van der Waals surface area contributed by atoms with Crippen LogP contribution in [0.15, 0.2) is 0 Å². The standard InChI is InChI=1S/C8H14N2OS/c9-8(12)7-2-5(7)1-6-3-10-4-11-6/h5-7,10H,1-4H2,(H2,9,12). The van der Waals surface area contributed by atoms with Crippen molar-refractivity contribution < 1.29 is 4.74 Å². The summed E-state index contributed by atoms with van der Waals surface area (Å²) in [7, 11) is 0. The molecule has 0 spiro atoms. The van der Waals surface area contributed by atoms with Crippen molar-refractivity contribution in [1.82, 2.24) is 5.32 Å². The van der Waals surface area contributed by atoms with Crippen molar-refractivity contribution in [1.29, 1.82) is 0 Å². The van der Waals surface area contributed by atoms with E-state index in [-0.39, 0.29) is 0 Å². The largest absolute Gasteiger partial charge is 0.393 e. The molecule has 1 aliphatic heterocycles. The maximum absolute atomic E-state index is 5.54. The molecule has 3 atom stereocenters. The van der Waals surface area contributed by atoms with Gasteiger partial charge in [-0.2, -0.15) is 0 Å². The Labute approximate surface area is 77.6 Å². The molecule has 0 aromatic heterocycles. The third-order valence-corrected chi connectivity index (χ3v) is 2.95. The summed E-state index contributed by atoms with van der Waals surface area (Å²) in [5.74, 6) is 1.21. The predicted molar refractivity (Wildman–Crippen MR) is 50.7 cm³/mol. The summed E-state index contributed by atoms with van der Waals surface area (Å²) in [6.45, 7) is 1.69. The first-order chi connectivity index (χ1) is 5.77. The lowest BCUT2D eigenvalue weighted by Gasteiger charge is -2.06. The van der Waals surface area contributed by atoms with Gasteiger partial charge in [0.15, 0.2) is 0 Å². The Morgan fingerprint density at radius 1 is 1.67 bits per heavy atom. The zero-order valence-electron chi connectivity index (χ0n) is 6.95. The van der Waals surface area contributed by atoms with Crippen LogP contribution in [0.2, 0.25) is 0 Å². The normalized spacial score (nSPS) is 39.8. The van der Waals surface area contributed by atoms with Crippen molar-refractivity contribution in [3.05, 3.63) is 0 Å². The monoisotopic (exact) mass is 186 g/mol. The fraction of sp³-hybridized carbons (Fsp3) is 0.875. The molecule has 12 heavy (non-hydrogen) atoms. The molecule has 3 unspecified atom stereocenters. The summed E-state index contributed by atoms with van der Waals surface area (Å²) in [4.78, 5) is 0.686. The van der Waals surface area contributed by atoms with E-state index in [0.29, 0.717) is 29.7 Å². The van der Waals surface area contributed by atoms with Gasteiger partial charge in [-0.15, -0.1) is 0 Å². The number of hydrogen-bond donors (Lipinski definition) is 2. The van der Waals surface area contributed by atoms with Crippen molar-refractivity contribution in [3.8, 4) is 0 Å². The average molecular weight is 186 g/mol. The van der Waals surface area contributed by atoms with Crippen LogP contribution in [0, 0.1) is 11.8 Å². The highest BCUT2D eigenvalue weighted by Gasteiger charge is 2.41. The molecule has 1 saturated carbocycles. The molecule has 3 N–H and O–H groups in total. The van der Waals surface area contributed by atoms with Crippen molar-refractivity contribution >= 4 is 17.2 Å². The van der Waals surface area contributed by atoms with Crippen molar-refractivity contribution in [2.24, 2.45) is 17.6 Å². The molecule has 0 amide bonds. The van der Waals surface area contributed by atoms with E-state index in [2.05, 4.69) is 5.32 Å². The lowest BCUT2D eigenvalue weighted by atomic mass is 10.1. The smallest absolute Gasteiger partial charge is 0.0970 e. The summed E-state index contributed by atoms with van der Waals surface area (Å²) in [6.07, 6.45) is 2.69. The minimum absolute atomic E-state index is 0.398. The SMILES string of the molecule is NC(=S)C1CC1CC1CNCO1. The fourth-order valence-electron chi connectivity index (χ4n) is 1.80. The summed E-state index contributed by atoms with van der Waals surface area (Å²) < 4.78 is 5.44. The molecule has 1 saturated heterocycles. The Bertz CT molecular complexity index is 191. The van der Waals surface area contributed by atoms with Crippen molar-refractivity contribution in [2.75, 3.05) is 13.3 Å². The Balaban J connectivity index is 1.72. The van der Waals surface area contributed by atoms with E-state index in [1.165, 1.54) is 6.42 Å². The lowest BCUT2D eigenvalue weighted by Crippen LogP contribution is -2.17. The van der Waals surface area contributed by atoms with Gasteiger partial charge < -0.3 is 10.5 Å². The summed E-state index contributed by atoms with van der Waals surface area (Å²) in [5, 5.41) is 3.16. The van der Waals surface area contributed by atoms with Gasteiger partial charge in [0.2, 0.25) is 0 Å². The number of nitrogens with two attached hydrogens (primary N) is 1. The van der Waals surface area contributed by atoms with E-state index in [4.69, 9.17) is 22.7 Å². The van der Waals surface area contributed by atoms with Crippen LogP contribution in [0.25, 0.3) is 0 Å². The van der Waals surface area contributed by atoms with Crippen LogP contribution in [0.5, 0.6) is 0 Å². The summed E-state index contributed by atoms with van der Waals surface area (Å²) >= 11 is 4.92. The van der Waals surface area contributed by atoms with Crippen LogP contribution < -0.4 is 11.1 Å².